The van der Waals surface area contributed by atoms with E-state index in [0.29, 0.717) is 17.8 Å². The number of nitrogens with one attached hydrogen (secondary N) is 2. The van der Waals surface area contributed by atoms with Crippen LogP contribution in [0.15, 0.2) is 22.1 Å². The van der Waals surface area contributed by atoms with Gasteiger partial charge in [0.15, 0.2) is 11.9 Å². The number of allylic oxidation sites excluding steroid dienone is 2. The minimum absolute atomic E-state index is 0.0770. The van der Waals surface area contributed by atoms with Crippen molar-refractivity contribution >= 4 is 23.8 Å². The van der Waals surface area contributed by atoms with E-state index in [1.54, 1.807) is 4.90 Å². The topological polar surface area (TPSA) is 183 Å². The maximum Gasteiger partial charge on any atom is 0.220 e. The Kier molecular flexibility index (Phi) is 8.57. The second-order valence-corrected chi connectivity index (χ2v) is 7.16. The number of nitrogens with zero attached hydrogens (tertiary/aromatic N) is 4. The van der Waals surface area contributed by atoms with Gasteiger partial charge in [0.05, 0.1) is 0 Å². The fraction of sp³-hybridized carbons (Fsp3) is 0.647. The molecule has 10 N–H and O–H groups in total. The zero-order chi connectivity index (χ0) is 20.6. The van der Waals surface area contributed by atoms with Gasteiger partial charge in [-0.25, -0.2) is 0 Å². The fourth-order valence-electron chi connectivity index (χ4n) is 3.15. The summed E-state index contributed by atoms with van der Waals surface area (Å²) in [5.41, 5.74) is 21.7. The molecule has 10 nitrogen and oxygen atoms in total. The Balaban J connectivity index is 2.47. The number of rotatable bonds is 6. The van der Waals surface area contributed by atoms with Crippen LogP contribution in [0.4, 0.5) is 0 Å². The molecule has 0 aromatic rings. The molecule has 152 valence electrons. The van der Waals surface area contributed by atoms with E-state index in [1.165, 1.54) is 0 Å². The van der Waals surface area contributed by atoms with Crippen LogP contribution in [0.5, 0.6) is 0 Å². The Morgan fingerprint density at radius 1 is 1.00 bits per heavy atom. The average molecular weight is 379 g/mol. The molecule has 1 rings (SSSR count). The molecule has 0 aromatic carbocycles. The minimum atomic E-state index is -0.286. The van der Waals surface area contributed by atoms with E-state index in [9.17, 15) is 0 Å². The fourth-order valence-corrected chi connectivity index (χ4v) is 3.15. The van der Waals surface area contributed by atoms with Crippen LogP contribution < -0.4 is 22.9 Å². The molecule has 0 fully saturated rings. The zero-order valence-corrected chi connectivity index (χ0v) is 16.5. The SMILES string of the molecule is C[C@@H]1C[C@@H](CCN(C)C(N)=NC(=N)N)C=CC1CCN(C)C(=N)N=C(N)N. The Morgan fingerprint density at radius 2 is 1.63 bits per heavy atom. The summed E-state index contributed by atoms with van der Waals surface area (Å²) in [6.07, 6.45) is 7.57. The van der Waals surface area contributed by atoms with E-state index in [2.05, 4.69) is 29.1 Å². The summed E-state index contributed by atoms with van der Waals surface area (Å²) >= 11 is 0. The first-order valence-corrected chi connectivity index (χ1v) is 9.07. The smallest absolute Gasteiger partial charge is 0.220 e. The van der Waals surface area contributed by atoms with Crippen molar-refractivity contribution in [2.75, 3.05) is 27.2 Å². The number of aliphatic imine (C=N–C) groups is 2. The standard InChI is InChI=1S/C17H34N10/c1-11-10-12(6-8-26(2)16(22)24-14(18)19)4-5-13(11)7-9-27(3)17(23)25-15(20)21/h4-5,11-13H,6-10H2,1-3H3,(H5,18,19,22,24)(H5,20,21,23,25)/t11-,12-,13?/m1/s1. The van der Waals surface area contributed by atoms with Gasteiger partial charge < -0.3 is 32.7 Å². The largest absolute Gasteiger partial charge is 0.370 e. The summed E-state index contributed by atoms with van der Waals surface area (Å²) in [5.74, 6) is 1.47. The van der Waals surface area contributed by atoms with Crippen LogP contribution in [0.2, 0.25) is 0 Å². The van der Waals surface area contributed by atoms with Crippen LogP contribution in [0.25, 0.3) is 0 Å². The highest BCUT2D eigenvalue weighted by Crippen LogP contribution is 2.32. The molecule has 1 aliphatic carbocycles. The Labute approximate surface area is 161 Å². The summed E-state index contributed by atoms with van der Waals surface area (Å²) < 4.78 is 0. The van der Waals surface area contributed by atoms with Gasteiger partial charge >= 0.3 is 0 Å². The third-order valence-corrected chi connectivity index (χ3v) is 4.89. The molecule has 0 saturated carbocycles. The van der Waals surface area contributed by atoms with E-state index < -0.39 is 0 Å². The van der Waals surface area contributed by atoms with Crippen molar-refractivity contribution in [3.8, 4) is 0 Å². The highest BCUT2D eigenvalue weighted by Gasteiger charge is 2.23. The summed E-state index contributed by atoms with van der Waals surface area (Å²) in [6.45, 7) is 3.74. The number of hydrogen-bond acceptors (Lipinski definition) is 2. The summed E-state index contributed by atoms with van der Waals surface area (Å²) in [7, 11) is 3.67. The average Bonchev–Trinajstić information content (AvgIpc) is 2.57. The molecule has 1 aliphatic rings. The van der Waals surface area contributed by atoms with Crippen molar-refractivity contribution < 1.29 is 0 Å². The molecule has 10 heteroatoms. The first-order valence-electron chi connectivity index (χ1n) is 9.07. The second kappa shape index (κ2) is 10.4. The van der Waals surface area contributed by atoms with Crippen LogP contribution in [-0.2, 0) is 0 Å². The highest BCUT2D eigenvalue weighted by atomic mass is 15.3. The lowest BCUT2D eigenvalue weighted by atomic mass is 9.77. The second-order valence-electron chi connectivity index (χ2n) is 7.16. The lowest BCUT2D eigenvalue weighted by Gasteiger charge is -2.31. The van der Waals surface area contributed by atoms with E-state index in [1.807, 2.05) is 19.0 Å². The third kappa shape index (κ3) is 7.97. The van der Waals surface area contributed by atoms with Crippen LogP contribution in [-0.4, -0.2) is 60.8 Å². The Morgan fingerprint density at radius 3 is 2.19 bits per heavy atom. The summed E-state index contributed by atoms with van der Waals surface area (Å²) in [5, 5.41) is 15.0. The Hall–Kier alpha value is -2.78. The maximum absolute atomic E-state index is 7.81. The van der Waals surface area contributed by atoms with Gasteiger partial charge in [-0.15, -0.1) is 0 Å². The van der Waals surface area contributed by atoms with Crippen molar-refractivity contribution in [3.05, 3.63) is 12.2 Å². The molecular weight excluding hydrogens is 344 g/mol. The van der Waals surface area contributed by atoms with Crippen LogP contribution in [0.1, 0.15) is 26.2 Å². The van der Waals surface area contributed by atoms with Gasteiger partial charge in [0.1, 0.15) is 0 Å². The van der Waals surface area contributed by atoms with Gasteiger partial charge in [0, 0.05) is 27.2 Å². The molecule has 0 saturated heterocycles. The van der Waals surface area contributed by atoms with Crippen molar-refractivity contribution in [2.45, 2.75) is 26.2 Å². The molecule has 0 spiro atoms. The first-order chi connectivity index (χ1) is 12.6. The van der Waals surface area contributed by atoms with E-state index >= 15 is 0 Å². The molecule has 0 bridgehead atoms. The lowest BCUT2D eigenvalue weighted by molar-refractivity contribution is 0.285. The summed E-state index contributed by atoms with van der Waals surface area (Å²) in [4.78, 5) is 11.1. The molecule has 0 aliphatic heterocycles. The van der Waals surface area contributed by atoms with Crippen LogP contribution in [0.3, 0.4) is 0 Å². The molecule has 0 heterocycles. The normalized spacial score (nSPS) is 22.2. The number of nitrogens with two attached hydrogens (primary N) is 4. The van der Waals surface area contributed by atoms with Crippen molar-refractivity contribution in [3.63, 3.8) is 0 Å². The molecule has 0 aromatic heterocycles. The van der Waals surface area contributed by atoms with Crippen LogP contribution in [0, 0.1) is 28.6 Å². The van der Waals surface area contributed by atoms with Gasteiger partial charge in [0.2, 0.25) is 11.9 Å². The first kappa shape index (κ1) is 22.3. The quantitative estimate of drug-likeness (QED) is 0.212. The maximum atomic E-state index is 7.81. The number of hydrogen-bond donors (Lipinski definition) is 6. The predicted molar refractivity (Wildman–Crippen MR) is 111 cm³/mol. The molecule has 0 radical (unpaired) electrons. The molecule has 1 unspecified atom stereocenters. The van der Waals surface area contributed by atoms with Crippen molar-refractivity contribution in [1.82, 2.24) is 9.80 Å². The molecule has 27 heavy (non-hydrogen) atoms. The molecule has 3 atom stereocenters. The molecule has 0 amide bonds. The van der Waals surface area contributed by atoms with Crippen molar-refractivity contribution in [1.29, 1.82) is 10.8 Å². The van der Waals surface area contributed by atoms with Crippen molar-refractivity contribution in [2.24, 2.45) is 50.7 Å². The van der Waals surface area contributed by atoms with Gasteiger partial charge in [-0.1, -0.05) is 19.1 Å². The summed E-state index contributed by atoms with van der Waals surface area (Å²) in [6, 6.07) is 0. The van der Waals surface area contributed by atoms with Crippen LogP contribution >= 0.6 is 0 Å². The van der Waals surface area contributed by atoms with Gasteiger partial charge in [-0.3, -0.25) is 10.8 Å². The van der Waals surface area contributed by atoms with E-state index in [4.69, 9.17) is 33.8 Å². The van der Waals surface area contributed by atoms with E-state index in [-0.39, 0.29) is 23.8 Å². The lowest BCUT2D eigenvalue weighted by Crippen LogP contribution is -2.37. The number of guanidine groups is 4. The highest BCUT2D eigenvalue weighted by molar-refractivity contribution is 5.92. The van der Waals surface area contributed by atoms with E-state index in [0.717, 1.165) is 32.4 Å². The minimum Gasteiger partial charge on any atom is -0.370 e. The monoisotopic (exact) mass is 378 g/mol. The zero-order valence-electron chi connectivity index (χ0n) is 16.5. The third-order valence-electron chi connectivity index (χ3n) is 4.89. The molecular formula is C17H34N10. The van der Waals surface area contributed by atoms with Gasteiger partial charge in [0.25, 0.3) is 0 Å². The predicted octanol–water partition coefficient (Wildman–Crippen LogP) is -0.125. The van der Waals surface area contributed by atoms with Gasteiger partial charge in [-0.2, -0.15) is 9.98 Å². The van der Waals surface area contributed by atoms with Gasteiger partial charge in [-0.05, 0) is 37.0 Å². The Bertz CT molecular complexity index is 605.